The van der Waals surface area contributed by atoms with Crippen LogP contribution < -0.4 is 24.0 Å². The van der Waals surface area contributed by atoms with Crippen LogP contribution in [0.2, 0.25) is 0 Å². The van der Waals surface area contributed by atoms with Gasteiger partial charge in [-0.3, -0.25) is 0 Å². The topological polar surface area (TPSA) is 0 Å². The molecular weight excluding hydrogens is 357 g/mol. The fraction of sp³-hybridized carbons (Fsp3) is 1.00. The largest absolute Gasteiger partial charge is 1.00 e. The summed E-state index contributed by atoms with van der Waals surface area (Å²) in [6, 6.07) is 0.812. The maximum Gasteiger partial charge on any atom is 0.154 e. The summed E-state index contributed by atoms with van der Waals surface area (Å²) in [4.78, 5) is 0. The number of unbranched alkanes of at least 4 members (excludes halogenated alkanes) is 5. The summed E-state index contributed by atoms with van der Waals surface area (Å²) in [5.74, 6) is 0. The van der Waals surface area contributed by atoms with E-state index in [9.17, 15) is 0 Å². The molecule has 0 N–H and O–H groups in total. The maximum absolute atomic E-state index is 6.28. The summed E-state index contributed by atoms with van der Waals surface area (Å²) in [7, 11) is 0. The Morgan fingerprint density at radius 2 is 1.11 bits per heavy atom. The predicted molar refractivity (Wildman–Crippen MR) is 79.5 cm³/mol. The molecule has 0 atom stereocenters. The van der Waals surface area contributed by atoms with Crippen molar-refractivity contribution >= 4 is 11.6 Å². The normalized spacial score (nSPS) is 11.3. The number of hydrogen-bond acceptors (Lipinski definition) is 0. The molecule has 0 amide bonds. The van der Waals surface area contributed by atoms with Gasteiger partial charge in [0.2, 0.25) is 0 Å². The number of quaternary nitrogens is 1. The Kier molecular flexibility index (Phi) is 17.0. The second-order valence-corrected chi connectivity index (χ2v) is 5.64. The van der Waals surface area contributed by atoms with Gasteiger partial charge in [-0.1, -0.05) is 58.1 Å². The highest BCUT2D eigenvalue weighted by molar-refractivity contribution is 6.16. The van der Waals surface area contributed by atoms with Gasteiger partial charge in [0.1, 0.15) is 0 Å². The molecule has 0 radical (unpaired) electrons. The monoisotopic (exact) mass is 389 g/mol. The zero-order valence-corrected chi connectivity index (χ0v) is 15.6. The lowest BCUT2D eigenvalue weighted by Crippen LogP contribution is -3.00. The quantitative estimate of drug-likeness (QED) is 0.158. The first kappa shape index (κ1) is 21.3. The van der Waals surface area contributed by atoms with Crippen LogP contribution in [0.4, 0.5) is 0 Å². The van der Waals surface area contributed by atoms with E-state index in [4.69, 9.17) is 11.6 Å². The van der Waals surface area contributed by atoms with Crippen molar-refractivity contribution in [3.63, 3.8) is 0 Å². The van der Waals surface area contributed by atoms with Crippen LogP contribution in [0.3, 0.4) is 0 Å². The highest BCUT2D eigenvalue weighted by Gasteiger charge is 2.24. The first-order chi connectivity index (χ1) is 8.24. The van der Waals surface area contributed by atoms with Gasteiger partial charge < -0.3 is 28.5 Å². The second-order valence-electron chi connectivity index (χ2n) is 5.40. The molecule has 112 valence electrons. The van der Waals surface area contributed by atoms with Gasteiger partial charge in [0.25, 0.3) is 0 Å². The van der Waals surface area contributed by atoms with E-state index >= 15 is 0 Å². The van der Waals surface area contributed by atoms with E-state index in [0.717, 1.165) is 10.5 Å². The average molecular weight is 390 g/mol. The molecule has 18 heavy (non-hydrogen) atoms. The molecule has 0 saturated carbocycles. The van der Waals surface area contributed by atoms with E-state index in [1.165, 1.54) is 71.0 Å². The molecule has 1 nitrogen and oxygen atoms in total. The third-order valence-electron chi connectivity index (χ3n) is 3.71. The fourth-order valence-corrected chi connectivity index (χ4v) is 2.73. The Balaban J connectivity index is 0. The zero-order valence-electron chi connectivity index (χ0n) is 12.7. The first-order valence-electron chi connectivity index (χ1n) is 7.65. The lowest BCUT2D eigenvalue weighted by molar-refractivity contribution is -0.918. The zero-order chi connectivity index (χ0) is 13.0. The third kappa shape index (κ3) is 9.85. The molecule has 0 aliphatic carbocycles. The van der Waals surface area contributed by atoms with Gasteiger partial charge >= 0.3 is 0 Å². The van der Waals surface area contributed by atoms with Gasteiger partial charge in [0.15, 0.2) is 6.00 Å². The van der Waals surface area contributed by atoms with Crippen LogP contribution in [-0.2, 0) is 0 Å². The molecule has 0 heterocycles. The molecule has 0 aromatic heterocycles. The number of hydrogen-bond donors (Lipinski definition) is 0. The molecule has 0 bridgehead atoms. The summed E-state index contributed by atoms with van der Waals surface area (Å²) in [6.45, 7) is 10.7. The molecule has 0 aliphatic heterocycles. The lowest BCUT2D eigenvalue weighted by atomic mass is 10.1. The van der Waals surface area contributed by atoms with Crippen LogP contribution in [0, 0.1) is 0 Å². The minimum Gasteiger partial charge on any atom is -1.00 e. The predicted octanol–water partition coefficient (Wildman–Crippen LogP) is 2.18. The van der Waals surface area contributed by atoms with Crippen LogP contribution in [0.15, 0.2) is 0 Å². The van der Waals surface area contributed by atoms with E-state index in [1.54, 1.807) is 0 Å². The van der Waals surface area contributed by atoms with Crippen molar-refractivity contribution in [2.75, 3.05) is 25.6 Å². The van der Waals surface area contributed by atoms with Crippen molar-refractivity contribution in [2.24, 2.45) is 0 Å². The van der Waals surface area contributed by atoms with Crippen LogP contribution in [0.5, 0.6) is 0 Å². The summed E-state index contributed by atoms with van der Waals surface area (Å²) in [6.07, 6.45) is 10.7. The minimum atomic E-state index is 0. The van der Waals surface area contributed by atoms with Gasteiger partial charge in [-0.15, -0.1) is 0 Å². The molecule has 0 spiro atoms. The lowest BCUT2D eigenvalue weighted by Gasteiger charge is -2.37. The number of nitrogens with zero attached hydrogens (tertiary/aromatic N) is 1. The molecule has 0 rings (SSSR count). The Bertz CT molecular complexity index is 157. The van der Waals surface area contributed by atoms with E-state index in [-0.39, 0.29) is 24.0 Å². The van der Waals surface area contributed by atoms with Crippen molar-refractivity contribution in [3.8, 4) is 0 Å². The Hall–Kier alpha value is 0.980. The molecular formula is C15H33ClIN. The fourth-order valence-electron chi connectivity index (χ4n) is 2.38. The van der Waals surface area contributed by atoms with Crippen LogP contribution in [-0.4, -0.2) is 30.1 Å². The molecule has 0 aromatic rings. The van der Waals surface area contributed by atoms with E-state index < -0.39 is 0 Å². The van der Waals surface area contributed by atoms with Crippen molar-refractivity contribution in [2.45, 2.75) is 72.1 Å². The number of rotatable bonds is 12. The Morgan fingerprint density at radius 3 is 1.50 bits per heavy atom. The summed E-state index contributed by atoms with van der Waals surface area (Å²) in [5.41, 5.74) is 0. The van der Waals surface area contributed by atoms with Gasteiger partial charge in [0.05, 0.1) is 19.6 Å². The van der Waals surface area contributed by atoms with Crippen LogP contribution in [0.1, 0.15) is 72.1 Å². The number of alkyl halides is 1. The molecule has 0 aromatic carbocycles. The number of halogens is 2. The van der Waals surface area contributed by atoms with E-state index in [2.05, 4.69) is 20.8 Å². The highest BCUT2D eigenvalue weighted by atomic mass is 127. The van der Waals surface area contributed by atoms with Crippen molar-refractivity contribution in [1.82, 2.24) is 0 Å². The third-order valence-corrected chi connectivity index (χ3v) is 4.22. The molecule has 0 aliphatic rings. The highest BCUT2D eigenvalue weighted by Crippen LogP contribution is 2.16. The molecule has 0 saturated heterocycles. The standard InChI is InChI=1S/C15H33ClN.HI/c1-4-7-10-11-14-17(15-16,12-8-5-2)13-9-6-3;/h4-15H2,1-3H3;1H/q+1;/p-1. The van der Waals surface area contributed by atoms with Gasteiger partial charge in [-0.25, -0.2) is 0 Å². The Morgan fingerprint density at radius 1 is 0.667 bits per heavy atom. The summed E-state index contributed by atoms with van der Waals surface area (Å²) in [5, 5.41) is 0. The second kappa shape index (κ2) is 14.4. The van der Waals surface area contributed by atoms with Gasteiger partial charge in [-0.2, -0.15) is 0 Å². The van der Waals surface area contributed by atoms with Crippen molar-refractivity contribution < 1.29 is 28.5 Å². The minimum absolute atomic E-state index is 0. The van der Waals surface area contributed by atoms with Crippen molar-refractivity contribution in [3.05, 3.63) is 0 Å². The van der Waals surface area contributed by atoms with E-state index in [1.807, 2.05) is 0 Å². The Labute approximate surface area is 137 Å². The first-order valence-corrected chi connectivity index (χ1v) is 8.19. The molecule has 3 heteroatoms. The summed E-state index contributed by atoms with van der Waals surface area (Å²) < 4.78 is 1.16. The average Bonchev–Trinajstić information content (AvgIpc) is 2.37. The molecule has 0 fully saturated rings. The van der Waals surface area contributed by atoms with Gasteiger partial charge in [-0.05, 0) is 25.7 Å². The molecule has 0 unspecified atom stereocenters. The van der Waals surface area contributed by atoms with Crippen LogP contribution >= 0.6 is 11.6 Å². The van der Waals surface area contributed by atoms with Gasteiger partial charge in [0, 0.05) is 0 Å². The van der Waals surface area contributed by atoms with Crippen molar-refractivity contribution in [1.29, 1.82) is 0 Å². The van der Waals surface area contributed by atoms with E-state index in [0.29, 0.717) is 0 Å². The summed E-state index contributed by atoms with van der Waals surface area (Å²) >= 11 is 6.28. The SMILES string of the molecule is CCCCCC[N+](CCl)(CCCC)CCCC.[I-]. The maximum atomic E-state index is 6.28. The smallest absolute Gasteiger partial charge is 0.154 e. The van der Waals surface area contributed by atoms with Crippen LogP contribution in [0.25, 0.3) is 0 Å².